The van der Waals surface area contributed by atoms with Crippen LogP contribution in [0.1, 0.15) is 40.4 Å². The van der Waals surface area contributed by atoms with Crippen LogP contribution in [0.15, 0.2) is 23.5 Å². The number of aromatic nitrogens is 3. The van der Waals surface area contributed by atoms with Gasteiger partial charge in [0.05, 0.1) is 0 Å². The molecule has 0 fully saturated rings. The Morgan fingerprint density at radius 3 is 2.68 bits per heavy atom. The number of nitrogens with one attached hydrogen (secondary N) is 3. The van der Waals surface area contributed by atoms with Crippen molar-refractivity contribution in [1.29, 1.82) is 0 Å². The third-order valence-corrected chi connectivity index (χ3v) is 3.11. The summed E-state index contributed by atoms with van der Waals surface area (Å²) in [6.07, 6.45) is 2.55. The summed E-state index contributed by atoms with van der Waals surface area (Å²) in [4.78, 5) is 16.3. The van der Waals surface area contributed by atoms with E-state index in [-0.39, 0.29) is 18.0 Å². The van der Waals surface area contributed by atoms with Gasteiger partial charge in [0.25, 0.3) is 0 Å². The fourth-order valence-corrected chi connectivity index (χ4v) is 2.05. The smallest absolute Gasteiger partial charge is 0.242 e. The Morgan fingerprint density at radius 1 is 1.36 bits per heavy atom. The van der Waals surface area contributed by atoms with Crippen LogP contribution in [0.2, 0.25) is 0 Å². The van der Waals surface area contributed by atoms with Gasteiger partial charge in [-0.2, -0.15) is 0 Å². The maximum absolute atomic E-state index is 11.9. The molecule has 0 atom stereocenters. The van der Waals surface area contributed by atoms with Gasteiger partial charge in [-0.15, -0.1) is 10.2 Å². The number of hydrogen-bond acceptors (Lipinski definition) is 4. The van der Waals surface area contributed by atoms with Crippen LogP contribution in [0.25, 0.3) is 0 Å². The van der Waals surface area contributed by atoms with Crippen LogP contribution in [0.4, 0.5) is 0 Å². The zero-order valence-electron chi connectivity index (χ0n) is 16.0. The molecule has 0 saturated carbocycles. The van der Waals surface area contributed by atoms with Gasteiger partial charge in [-0.1, -0.05) is 19.1 Å². The largest absolute Gasteiger partial charge is 0.355 e. The van der Waals surface area contributed by atoms with Gasteiger partial charge in [0.15, 0.2) is 5.96 Å². The number of rotatable bonds is 8. The highest BCUT2D eigenvalue weighted by atomic mass is 16.2. The van der Waals surface area contributed by atoms with E-state index in [0.29, 0.717) is 19.0 Å². The zero-order chi connectivity index (χ0) is 18.9. The molecule has 1 heterocycles. The lowest BCUT2D eigenvalue weighted by Crippen LogP contribution is -2.43. The lowest BCUT2D eigenvalue weighted by molar-refractivity contribution is -0.121. The molecule has 0 saturated heterocycles. The van der Waals surface area contributed by atoms with Crippen molar-refractivity contribution in [3.05, 3.63) is 24.3 Å². The Labute approximate surface area is 150 Å². The van der Waals surface area contributed by atoms with Gasteiger partial charge in [-0.25, -0.2) is 4.99 Å². The van der Waals surface area contributed by atoms with Crippen LogP contribution in [-0.4, -0.2) is 51.8 Å². The second-order valence-electron chi connectivity index (χ2n) is 6.99. The summed E-state index contributed by atoms with van der Waals surface area (Å²) < 4.78 is 2.00. The first-order valence-corrected chi connectivity index (χ1v) is 8.55. The Kier molecular flexibility index (Phi) is 8.10. The molecule has 1 amide bonds. The topological polar surface area (TPSA) is 96.2 Å². The van der Waals surface area contributed by atoms with E-state index in [9.17, 15) is 4.79 Å². The summed E-state index contributed by atoms with van der Waals surface area (Å²) in [5.41, 5.74) is 0.719. The lowest BCUT2D eigenvalue weighted by Gasteiger charge is -2.20. The van der Waals surface area contributed by atoms with Gasteiger partial charge in [0, 0.05) is 31.6 Å². The number of carbonyl (C=O) groups excluding carboxylic acids is 1. The number of aryl methyl sites for hydroxylation is 1. The van der Waals surface area contributed by atoms with Gasteiger partial charge in [0.2, 0.25) is 5.91 Å². The molecule has 3 N–H and O–H groups in total. The highest BCUT2D eigenvalue weighted by molar-refractivity contribution is 5.85. The number of aliphatic imine (C=N–C) groups is 1. The summed E-state index contributed by atoms with van der Waals surface area (Å²) in [5, 5.41) is 17.3. The van der Waals surface area contributed by atoms with Crippen molar-refractivity contribution < 1.29 is 4.79 Å². The average Bonchev–Trinajstić information content (AvgIpc) is 2.95. The number of nitrogens with zero attached hydrogens (tertiary/aromatic N) is 4. The SMILES string of the molecule is C=C(C)CNC(=NCC(=O)NC(C)(C)C)NCCn1cnnc1CC. The van der Waals surface area contributed by atoms with Gasteiger partial charge < -0.3 is 20.5 Å². The molecule has 25 heavy (non-hydrogen) atoms. The molecule has 0 aliphatic heterocycles. The molecule has 0 aliphatic carbocycles. The molecule has 0 unspecified atom stereocenters. The van der Waals surface area contributed by atoms with Crippen LogP contribution in [0.3, 0.4) is 0 Å². The minimum atomic E-state index is -0.268. The zero-order valence-corrected chi connectivity index (χ0v) is 16.0. The molecule has 0 aromatic carbocycles. The summed E-state index contributed by atoms with van der Waals surface area (Å²) in [6.45, 7) is 15.7. The minimum absolute atomic E-state index is 0.0651. The average molecular weight is 349 g/mol. The molecule has 0 bridgehead atoms. The number of guanidine groups is 1. The van der Waals surface area contributed by atoms with Crippen LogP contribution in [-0.2, 0) is 17.8 Å². The maximum Gasteiger partial charge on any atom is 0.242 e. The van der Waals surface area contributed by atoms with Crippen molar-refractivity contribution in [2.75, 3.05) is 19.6 Å². The van der Waals surface area contributed by atoms with Gasteiger partial charge >= 0.3 is 0 Å². The number of carbonyl (C=O) groups is 1. The molecule has 0 aliphatic rings. The molecule has 8 heteroatoms. The summed E-state index contributed by atoms with van der Waals surface area (Å²) in [6, 6.07) is 0. The Hall–Kier alpha value is -2.38. The molecule has 1 rings (SSSR count). The standard InChI is InChI=1S/C17H31N7O/c1-7-14-23-21-12-24(14)9-8-18-16(19-10-13(2)3)20-11-15(25)22-17(4,5)6/h12H,2,7-11H2,1,3-6H3,(H,22,25)(H2,18,19,20). The number of hydrogen-bond donors (Lipinski definition) is 3. The first kappa shape index (κ1) is 20.7. The molecular weight excluding hydrogens is 318 g/mol. The summed E-state index contributed by atoms with van der Waals surface area (Å²) >= 11 is 0. The number of amides is 1. The van der Waals surface area contributed by atoms with E-state index in [4.69, 9.17) is 0 Å². The minimum Gasteiger partial charge on any atom is -0.355 e. The quantitative estimate of drug-likeness (QED) is 0.368. The summed E-state index contributed by atoms with van der Waals surface area (Å²) in [7, 11) is 0. The predicted molar refractivity (Wildman–Crippen MR) is 100 cm³/mol. The molecule has 1 aromatic rings. The molecule has 8 nitrogen and oxygen atoms in total. The Balaban J connectivity index is 2.58. The van der Waals surface area contributed by atoms with E-state index in [1.807, 2.05) is 39.2 Å². The van der Waals surface area contributed by atoms with Crippen molar-refractivity contribution in [1.82, 2.24) is 30.7 Å². The van der Waals surface area contributed by atoms with Crippen molar-refractivity contribution in [3.63, 3.8) is 0 Å². The van der Waals surface area contributed by atoms with Gasteiger partial charge in [0.1, 0.15) is 18.7 Å². The summed E-state index contributed by atoms with van der Waals surface area (Å²) in [5.74, 6) is 1.41. The monoisotopic (exact) mass is 349 g/mol. The van der Waals surface area contributed by atoms with Crippen molar-refractivity contribution in [2.45, 2.75) is 53.1 Å². The fourth-order valence-electron chi connectivity index (χ4n) is 2.05. The van der Waals surface area contributed by atoms with Crippen LogP contribution in [0, 0.1) is 0 Å². The highest BCUT2D eigenvalue weighted by Crippen LogP contribution is 1.98. The van der Waals surface area contributed by atoms with Crippen LogP contribution in [0.5, 0.6) is 0 Å². The Morgan fingerprint density at radius 2 is 2.08 bits per heavy atom. The normalized spacial score (nSPS) is 12.0. The second kappa shape index (κ2) is 9.80. The van der Waals surface area contributed by atoms with E-state index in [2.05, 4.69) is 37.7 Å². The first-order chi connectivity index (χ1) is 11.7. The lowest BCUT2D eigenvalue weighted by atomic mass is 10.1. The van der Waals surface area contributed by atoms with Gasteiger partial charge in [-0.3, -0.25) is 4.79 Å². The highest BCUT2D eigenvalue weighted by Gasteiger charge is 2.13. The molecule has 1 aromatic heterocycles. The molecule has 0 spiro atoms. The third kappa shape index (κ3) is 8.88. The molecule has 0 radical (unpaired) electrons. The third-order valence-electron chi connectivity index (χ3n) is 3.11. The molecule has 140 valence electrons. The van der Waals surface area contributed by atoms with Crippen molar-refractivity contribution in [3.8, 4) is 0 Å². The van der Waals surface area contributed by atoms with Crippen molar-refractivity contribution >= 4 is 11.9 Å². The predicted octanol–water partition coefficient (Wildman–Crippen LogP) is 0.867. The second-order valence-corrected chi connectivity index (χ2v) is 6.99. The molecular formula is C17H31N7O. The van der Waals surface area contributed by atoms with E-state index in [1.165, 1.54) is 0 Å². The van der Waals surface area contributed by atoms with Crippen molar-refractivity contribution in [2.24, 2.45) is 4.99 Å². The van der Waals surface area contributed by atoms with Crippen LogP contribution >= 0.6 is 0 Å². The van der Waals surface area contributed by atoms with E-state index in [1.54, 1.807) is 6.33 Å². The van der Waals surface area contributed by atoms with E-state index < -0.39 is 0 Å². The van der Waals surface area contributed by atoms with Gasteiger partial charge in [-0.05, 0) is 27.7 Å². The van der Waals surface area contributed by atoms with E-state index in [0.717, 1.165) is 24.4 Å². The van der Waals surface area contributed by atoms with E-state index >= 15 is 0 Å². The van der Waals surface area contributed by atoms with Crippen LogP contribution < -0.4 is 16.0 Å². The fraction of sp³-hybridized carbons (Fsp3) is 0.647. The maximum atomic E-state index is 11.9. The first-order valence-electron chi connectivity index (χ1n) is 8.55. The Bertz CT molecular complexity index is 598.